The number of nitrogens with zero attached hydrogens (tertiary/aromatic N) is 1. The molecule has 3 heteroatoms. The van der Waals surface area contributed by atoms with Crippen molar-refractivity contribution < 1.29 is 5.21 Å². The van der Waals surface area contributed by atoms with Crippen LogP contribution in [-0.2, 0) is 0 Å². The molecule has 3 atom stereocenters. The van der Waals surface area contributed by atoms with Crippen molar-refractivity contribution in [2.45, 2.75) is 45.2 Å². The summed E-state index contributed by atoms with van der Waals surface area (Å²) in [5.41, 5.74) is 0.986. The zero-order valence-corrected chi connectivity index (χ0v) is 10.1. The molecule has 1 saturated heterocycles. The van der Waals surface area contributed by atoms with Gasteiger partial charge in [-0.1, -0.05) is 13.0 Å². The van der Waals surface area contributed by atoms with E-state index in [1.165, 1.54) is 5.06 Å². The van der Waals surface area contributed by atoms with Crippen LogP contribution in [0.15, 0.2) is 11.8 Å². The highest BCUT2D eigenvalue weighted by atomic mass is 16.5. The maximum absolute atomic E-state index is 10.1. The van der Waals surface area contributed by atoms with Crippen molar-refractivity contribution in [3.05, 3.63) is 11.8 Å². The summed E-state index contributed by atoms with van der Waals surface area (Å²) < 4.78 is 0. The Hall–Kier alpha value is -0.540. The Balaban J connectivity index is 2.31. The highest BCUT2D eigenvalue weighted by Crippen LogP contribution is 2.42. The molecule has 1 aliphatic carbocycles. The Morgan fingerprint density at radius 2 is 2.20 bits per heavy atom. The van der Waals surface area contributed by atoms with Crippen molar-refractivity contribution >= 4 is 0 Å². The molecule has 3 nitrogen and oxygen atoms in total. The molecule has 86 valence electrons. The molecule has 0 amide bonds. The Bertz CT molecular complexity index is 285. The molecule has 2 rings (SSSR count). The second-order valence-electron chi connectivity index (χ2n) is 5.62. The third-order valence-electron chi connectivity index (χ3n) is 3.94. The number of nitrogens with one attached hydrogen (secondary N) is 1. The van der Waals surface area contributed by atoms with Crippen LogP contribution in [0.5, 0.6) is 0 Å². The number of piperidine rings is 1. The first-order chi connectivity index (χ1) is 6.95. The van der Waals surface area contributed by atoms with Crippen LogP contribution < -0.4 is 5.32 Å². The van der Waals surface area contributed by atoms with E-state index >= 15 is 0 Å². The quantitative estimate of drug-likeness (QED) is 0.694. The summed E-state index contributed by atoms with van der Waals surface area (Å²) in [6.45, 7) is 6.44. The zero-order chi connectivity index (χ0) is 11.2. The molecule has 3 unspecified atom stereocenters. The van der Waals surface area contributed by atoms with E-state index < -0.39 is 0 Å². The monoisotopic (exact) mass is 210 g/mol. The van der Waals surface area contributed by atoms with Gasteiger partial charge >= 0.3 is 0 Å². The second-order valence-corrected chi connectivity index (χ2v) is 5.62. The smallest absolute Gasteiger partial charge is 0.0615 e. The summed E-state index contributed by atoms with van der Waals surface area (Å²) >= 11 is 0. The van der Waals surface area contributed by atoms with Gasteiger partial charge in [0, 0.05) is 11.7 Å². The molecule has 1 aliphatic heterocycles. The fourth-order valence-corrected chi connectivity index (χ4v) is 3.27. The van der Waals surface area contributed by atoms with Gasteiger partial charge in [-0.25, -0.2) is 0 Å². The highest BCUT2D eigenvalue weighted by molar-refractivity contribution is 5.17. The minimum Gasteiger partial charge on any atom is -0.316 e. The normalized spacial score (nSPS) is 38.9. The van der Waals surface area contributed by atoms with Crippen molar-refractivity contribution in [2.24, 2.45) is 11.8 Å². The van der Waals surface area contributed by atoms with E-state index in [1.807, 2.05) is 7.05 Å². The molecule has 0 saturated carbocycles. The highest BCUT2D eigenvalue weighted by Gasteiger charge is 2.43. The first-order valence-corrected chi connectivity index (χ1v) is 5.83. The van der Waals surface area contributed by atoms with Crippen molar-refractivity contribution in [1.29, 1.82) is 0 Å². The predicted octanol–water partition coefficient (Wildman–Crippen LogP) is 1.99. The summed E-state index contributed by atoms with van der Waals surface area (Å²) in [4.78, 5) is 0. The maximum atomic E-state index is 10.1. The van der Waals surface area contributed by atoms with E-state index in [-0.39, 0.29) is 5.54 Å². The van der Waals surface area contributed by atoms with E-state index in [0.29, 0.717) is 17.9 Å². The predicted molar refractivity (Wildman–Crippen MR) is 60.5 cm³/mol. The van der Waals surface area contributed by atoms with Gasteiger partial charge in [0.2, 0.25) is 0 Å². The van der Waals surface area contributed by atoms with Gasteiger partial charge in [0.05, 0.1) is 5.54 Å². The van der Waals surface area contributed by atoms with Gasteiger partial charge in [-0.05, 0) is 45.6 Å². The zero-order valence-electron chi connectivity index (χ0n) is 10.1. The van der Waals surface area contributed by atoms with Gasteiger partial charge in [-0.3, -0.25) is 10.3 Å². The van der Waals surface area contributed by atoms with Crippen LogP contribution in [0.4, 0.5) is 0 Å². The molecular formula is C12H22N2O. The molecule has 2 N–H and O–H groups in total. The Morgan fingerprint density at radius 3 is 2.80 bits per heavy atom. The van der Waals surface area contributed by atoms with Crippen LogP contribution in [0.2, 0.25) is 0 Å². The number of hydroxylamine groups is 2. The molecular weight excluding hydrogens is 188 g/mol. The Kier molecular flexibility index (Phi) is 2.55. The summed E-state index contributed by atoms with van der Waals surface area (Å²) in [5.74, 6) is 1.16. The topological polar surface area (TPSA) is 35.5 Å². The number of hydrogen-bond donors (Lipinski definition) is 2. The van der Waals surface area contributed by atoms with Gasteiger partial charge in [0.25, 0.3) is 0 Å². The van der Waals surface area contributed by atoms with Crippen molar-refractivity contribution in [3.63, 3.8) is 0 Å². The molecule has 0 radical (unpaired) electrons. The molecule has 15 heavy (non-hydrogen) atoms. The third-order valence-corrected chi connectivity index (χ3v) is 3.94. The van der Waals surface area contributed by atoms with E-state index in [0.717, 1.165) is 18.5 Å². The molecule has 1 heterocycles. The number of fused-ring (bicyclic) bond motifs is 2. The average Bonchev–Trinajstić information content (AvgIpc) is 2.13. The van der Waals surface area contributed by atoms with Crippen LogP contribution in [0.25, 0.3) is 0 Å². The third kappa shape index (κ3) is 1.68. The van der Waals surface area contributed by atoms with Gasteiger partial charge in [0.15, 0.2) is 0 Å². The number of hydrogen-bond acceptors (Lipinski definition) is 3. The minimum absolute atomic E-state index is 0.121. The molecule has 0 aromatic heterocycles. The van der Waals surface area contributed by atoms with Crippen molar-refractivity contribution in [2.75, 3.05) is 7.05 Å². The second kappa shape index (κ2) is 3.49. The molecule has 0 aromatic rings. The number of allylic oxidation sites excluding steroid dienone is 1. The molecule has 0 aromatic carbocycles. The minimum atomic E-state index is -0.121. The lowest BCUT2D eigenvalue weighted by Gasteiger charge is -2.50. The lowest BCUT2D eigenvalue weighted by Crippen LogP contribution is -2.54. The van der Waals surface area contributed by atoms with Crippen molar-refractivity contribution in [1.82, 2.24) is 10.4 Å². The molecule has 1 fully saturated rings. The van der Waals surface area contributed by atoms with Gasteiger partial charge in [-0.2, -0.15) is 0 Å². The lowest BCUT2D eigenvalue weighted by molar-refractivity contribution is -0.161. The summed E-state index contributed by atoms with van der Waals surface area (Å²) in [7, 11) is 2.04. The van der Waals surface area contributed by atoms with Crippen LogP contribution >= 0.6 is 0 Å². The van der Waals surface area contributed by atoms with Gasteiger partial charge < -0.3 is 5.32 Å². The van der Waals surface area contributed by atoms with Crippen LogP contribution in [0.3, 0.4) is 0 Å². The first-order valence-electron chi connectivity index (χ1n) is 5.83. The van der Waals surface area contributed by atoms with E-state index in [1.54, 1.807) is 0 Å². The van der Waals surface area contributed by atoms with Gasteiger partial charge in [0.1, 0.15) is 0 Å². The van der Waals surface area contributed by atoms with Crippen LogP contribution in [0, 0.1) is 11.8 Å². The summed E-state index contributed by atoms with van der Waals surface area (Å²) in [6.07, 6.45) is 4.27. The maximum Gasteiger partial charge on any atom is 0.0615 e. The number of rotatable bonds is 1. The van der Waals surface area contributed by atoms with Gasteiger partial charge in [-0.15, -0.1) is 0 Å². The summed E-state index contributed by atoms with van der Waals surface area (Å²) in [5, 5.41) is 15.0. The summed E-state index contributed by atoms with van der Waals surface area (Å²) in [6, 6.07) is 0.557. The first kappa shape index (κ1) is 11.0. The molecule has 2 aliphatic rings. The average molecular weight is 210 g/mol. The standard InChI is InChI=1S/C12H22N2O/c1-8-5-10-6-9(11(8)13-4)7-12(2,3)14(10)15/h5,8-9,11,13,15H,6-7H2,1-4H3. The largest absolute Gasteiger partial charge is 0.316 e. The Morgan fingerprint density at radius 1 is 1.53 bits per heavy atom. The Labute approximate surface area is 92.1 Å². The molecule has 2 bridgehead atoms. The fourth-order valence-electron chi connectivity index (χ4n) is 3.27. The van der Waals surface area contributed by atoms with Crippen LogP contribution in [0.1, 0.15) is 33.6 Å². The van der Waals surface area contributed by atoms with E-state index in [2.05, 4.69) is 32.2 Å². The van der Waals surface area contributed by atoms with E-state index in [9.17, 15) is 5.21 Å². The lowest BCUT2D eigenvalue weighted by atomic mass is 9.71. The fraction of sp³-hybridized carbons (Fsp3) is 0.833. The van der Waals surface area contributed by atoms with Crippen LogP contribution in [-0.4, -0.2) is 28.9 Å². The van der Waals surface area contributed by atoms with E-state index in [4.69, 9.17) is 0 Å². The molecule has 0 spiro atoms. The van der Waals surface area contributed by atoms with Crippen molar-refractivity contribution in [3.8, 4) is 0 Å². The SMILES string of the molecule is CNC1C(C)C=C2CC1CC(C)(C)N2O.